The molecule has 0 aliphatic carbocycles. The number of hydrogen-bond acceptors (Lipinski definition) is 10. The monoisotopic (exact) mass is 1400 g/mol. The number of carbonyl (C=O) groups is 8. The van der Waals surface area contributed by atoms with E-state index in [2.05, 4.69) is 63.4 Å². The number of unbranched alkanes of at least 4 members (excludes halogenated alkanes) is 4. The second-order valence-corrected chi connectivity index (χ2v) is 29.0. The zero-order chi connectivity index (χ0) is 72.6. The predicted molar refractivity (Wildman–Crippen MR) is 402 cm³/mol. The zero-order valence-electron chi connectivity index (χ0n) is 58.8. The summed E-state index contributed by atoms with van der Waals surface area (Å²) in [4.78, 5) is 126. The summed E-state index contributed by atoms with van der Waals surface area (Å²) in [5.41, 5.74) is 2.39. The summed E-state index contributed by atoms with van der Waals surface area (Å²) in [5, 5.41) is 29.5. The summed E-state index contributed by atoms with van der Waals surface area (Å²) >= 11 is 14.2. The van der Waals surface area contributed by atoms with E-state index in [1.54, 1.807) is 24.3 Å². The molecule has 4 heterocycles. The fourth-order valence-corrected chi connectivity index (χ4v) is 17.5. The maximum Gasteiger partial charge on any atom is 0.261 e. The fraction of sp³-hybridized carbons (Fsp3) is 0.381. The summed E-state index contributed by atoms with van der Waals surface area (Å²) in [6.45, 7) is 34.5. The number of nitriles is 2. The Bertz CT molecular complexity index is 5020. The quantitative estimate of drug-likeness (QED) is 0.0242. The molecule has 0 spiro atoms. The van der Waals surface area contributed by atoms with E-state index >= 15 is 0 Å². The molecule has 8 amide bonds. The van der Waals surface area contributed by atoms with E-state index in [0.717, 1.165) is 114 Å². The number of hydrogen-bond donors (Lipinski definition) is 0. The van der Waals surface area contributed by atoms with Crippen LogP contribution in [-0.2, 0) is 0 Å². The normalized spacial score (nSPS) is 15.4. The number of imide groups is 4. The number of nitrogens with zero attached hydrogens (tertiary/aromatic N) is 8. The van der Waals surface area contributed by atoms with Crippen LogP contribution in [0.15, 0.2) is 60.7 Å². The van der Waals surface area contributed by atoms with Crippen LogP contribution < -0.4 is 0 Å². The lowest BCUT2D eigenvalue weighted by molar-refractivity contribution is 0.0565. The molecule has 0 bridgehead atoms. The van der Waals surface area contributed by atoms with E-state index in [0.29, 0.717) is 77.7 Å². The van der Waals surface area contributed by atoms with Crippen LogP contribution in [0.5, 0.6) is 0 Å². The van der Waals surface area contributed by atoms with Gasteiger partial charge in [-0.25, -0.2) is 9.69 Å². The Kier molecular flexibility index (Phi) is 19.3. The van der Waals surface area contributed by atoms with Crippen LogP contribution in [0.4, 0.5) is 11.4 Å². The van der Waals surface area contributed by atoms with Gasteiger partial charge in [0.05, 0.1) is 47.5 Å². The van der Waals surface area contributed by atoms with E-state index in [-0.39, 0.29) is 148 Å². The first-order valence-corrected chi connectivity index (χ1v) is 37.0. The second kappa shape index (κ2) is 28.0. The Morgan fingerprint density at radius 3 is 0.873 bits per heavy atom. The average molecular weight is 1400 g/mol. The van der Waals surface area contributed by atoms with Crippen LogP contribution in [0.1, 0.15) is 252 Å². The molecule has 4 aliphatic rings. The number of carbonyl (C=O) groups excluding carboxylic acids is 8. The van der Waals surface area contributed by atoms with Crippen molar-refractivity contribution in [3.05, 3.63) is 149 Å². The largest absolute Gasteiger partial charge is 0.274 e. The third-order valence-corrected chi connectivity index (χ3v) is 23.1. The van der Waals surface area contributed by atoms with Crippen molar-refractivity contribution in [2.24, 2.45) is 23.7 Å². The molecule has 0 N–H and O–H groups in total. The molecule has 10 aromatic carbocycles. The summed E-state index contributed by atoms with van der Waals surface area (Å²) in [6.07, 6.45) is 14.9. The molecule has 4 unspecified atom stereocenters. The van der Waals surface area contributed by atoms with Crippen molar-refractivity contribution in [1.29, 1.82) is 10.5 Å². The molecule has 0 fully saturated rings. The lowest BCUT2D eigenvalue weighted by Crippen LogP contribution is -2.43. The van der Waals surface area contributed by atoms with Gasteiger partial charge < -0.3 is 0 Å². The topological polar surface area (TPSA) is 206 Å². The van der Waals surface area contributed by atoms with Crippen LogP contribution in [-0.4, -0.2) is 93.0 Å². The molecule has 516 valence electrons. The van der Waals surface area contributed by atoms with Gasteiger partial charge in [-0.1, -0.05) is 168 Å². The van der Waals surface area contributed by atoms with E-state index in [9.17, 15) is 48.9 Å². The molecule has 0 radical (unpaired) electrons. The van der Waals surface area contributed by atoms with Gasteiger partial charge in [-0.2, -0.15) is 10.5 Å². The van der Waals surface area contributed by atoms with Crippen LogP contribution in [0.25, 0.3) is 95.9 Å². The van der Waals surface area contributed by atoms with Gasteiger partial charge in [0.25, 0.3) is 47.3 Å². The minimum Gasteiger partial charge on any atom is -0.274 e. The number of halogens is 2. The Balaban J connectivity index is 0.000000183. The summed E-state index contributed by atoms with van der Waals surface area (Å²) in [6, 6.07) is 20.9. The molecule has 4 aliphatic heterocycles. The summed E-state index contributed by atoms with van der Waals surface area (Å²) in [5.74, 6) is -2.88. The van der Waals surface area contributed by atoms with Crippen molar-refractivity contribution in [2.75, 3.05) is 26.2 Å². The maximum absolute atomic E-state index is 14.3. The van der Waals surface area contributed by atoms with Crippen molar-refractivity contribution in [3.8, 4) is 12.1 Å². The standard InChI is InChI=1S/C44H38N6O4.C40H40Cl2N2O4/c1-7-11-13-23(9-3)21-49-41(51)27-15-25(19-45)33-34-26(20-46)16-28-36-30(44(54)50(42(28)52)22-24(10-4)14-12-8-2)18-32(48-6)38(40(34)36)37-31(47-5)17-29(43(49)53)35(27)39(33)37;1-5-9-11-21(7-3)19-43-37(45)25-15-13-23-34-30(42)18-28-32-26(38(46)44(40(28)48)20-22(8-4)12-10-6-2)16-14-24(36(32)34)33-29(41)17-27(39(43)47)31(25)35(23)33/h15-18,23-24H,7-14,21-22H2,1-4H3;13-18,21-22H,5-12,19-20H2,1-4H3. The molecule has 0 aromatic heterocycles. The van der Waals surface area contributed by atoms with E-state index < -0.39 is 23.6 Å². The van der Waals surface area contributed by atoms with E-state index in [4.69, 9.17) is 36.3 Å². The molecule has 10 aromatic rings. The van der Waals surface area contributed by atoms with Crippen molar-refractivity contribution >= 4 is 168 Å². The highest BCUT2D eigenvalue weighted by molar-refractivity contribution is 6.51. The third kappa shape index (κ3) is 10.8. The summed E-state index contributed by atoms with van der Waals surface area (Å²) < 4.78 is 0. The highest BCUT2D eigenvalue weighted by Crippen LogP contribution is 2.55. The van der Waals surface area contributed by atoms with Gasteiger partial charge >= 0.3 is 0 Å². The average Bonchev–Trinajstić information content (AvgIpc) is 0.681. The second-order valence-electron chi connectivity index (χ2n) is 28.2. The molecule has 4 atom stereocenters. The molecular formula is C84H78Cl2N8O8. The van der Waals surface area contributed by atoms with Crippen LogP contribution in [0.3, 0.4) is 0 Å². The Labute approximate surface area is 602 Å². The van der Waals surface area contributed by atoms with Crippen LogP contribution in [0.2, 0.25) is 10.0 Å². The Morgan fingerprint density at radius 1 is 0.343 bits per heavy atom. The van der Waals surface area contributed by atoms with Gasteiger partial charge in [0, 0.05) is 123 Å². The molecule has 0 saturated carbocycles. The summed E-state index contributed by atoms with van der Waals surface area (Å²) in [7, 11) is 0. The first-order chi connectivity index (χ1) is 49.3. The highest BCUT2D eigenvalue weighted by Gasteiger charge is 2.43. The van der Waals surface area contributed by atoms with Gasteiger partial charge in [-0.05, 0) is 130 Å². The lowest BCUT2D eigenvalue weighted by Gasteiger charge is -2.33. The Morgan fingerprint density at radius 2 is 0.608 bits per heavy atom. The minimum atomic E-state index is -0.547. The Hall–Kier alpha value is -10.1. The zero-order valence-corrected chi connectivity index (χ0v) is 60.3. The number of rotatable bonds is 24. The number of amides is 8. The van der Waals surface area contributed by atoms with Gasteiger partial charge in [0.1, 0.15) is 0 Å². The van der Waals surface area contributed by atoms with Gasteiger partial charge in [0.2, 0.25) is 0 Å². The maximum atomic E-state index is 14.3. The SMILES string of the molecule is CCCCC(CC)CN1C(=O)c2ccc3c4c(Cl)cc5c6c(ccc(c7c(Cl)cc(c2c37)C1=O)c64)C(=O)N(CC(CC)CCCC)C5=O.[C-]#[N+]c1cc2c3c(cc(C#N)c4c5c(C#N)cc6c7c(cc([N+]#[C-])c(c1c34)c75)C(=O)N(CC(CC)CCCC)C6=O)C(=O)N(CC(CC)CCCC)C2=O. The van der Waals surface area contributed by atoms with Crippen molar-refractivity contribution < 1.29 is 38.4 Å². The molecule has 18 heteroatoms. The first-order valence-electron chi connectivity index (χ1n) is 36.2. The minimum absolute atomic E-state index is 0.0204. The molecule has 16 nitrogen and oxygen atoms in total. The highest BCUT2D eigenvalue weighted by atomic mass is 35.5. The number of benzene rings is 10. The predicted octanol–water partition coefficient (Wildman–Crippen LogP) is 20.9. The smallest absolute Gasteiger partial charge is 0.261 e. The van der Waals surface area contributed by atoms with E-state index in [1.807, 2.05) is 26.0 Å². The van der Waals surface area contributed by atoms with Crippen LogP contribution >= 0.6 is 23.2 Å². The number of fused-ring (bicyclic) bond motifs is 4. The van der Waals surface area contributed by atoms with Crippen LogP contribution in [0, 0.1) is 59.5 Å². The molecule has 0 saturated heterocycles. The fourth-order valence-electron chi connectivity index (χ4n) is 16.9. The van der Waals surface area contributed by atoms with E-state index in [1.165, 1.54) is 43.9 Å². The van der Waals surface area contributed by atoms with Gasteiger partial charge in [-0.15, -0.1) is 0 Å². The van der Waals surface area contributed by atoms with Crippen molar-refractivity contribution in [1.82, 2.24) is 19.6 Å². The molecule has 14 rings (SSSR count). The lowest BCUT2D eigenvalue weighted by atomic mass is 9.78. The van der Waals surface area contributed by atoms with Gasteiger partial charge in [0.15, 0.2) is 11.4 Å². The van der Waals surface area contributed by atoms with Crippen molar-refractivity contribution in [2.45, 2.75) is 158 Å². The van der Waals surface area contributed by atoms with Crippen molar-refractivity contribution in [3.63, 3.8) is 0 Å². The molecule has 102 heavy (non-hydrogen) atoms. The first kappa shape index (κ1) is 70.3. The molecular weight excluding hydrogens is 1320 g/mol. The third-order valence-electron chi connectivity index (χ3n) is 22.5. The van der Waals surface area contributed by atoms with Gasteiger partial charge in [-0.3, -0.25) is 58.0 Å².